The van der Waals surface area contributed by atoms with E-state index in [1.807, 2.05) is 42.2 Å². The molecule has 0 spiro atoms. The molecule has 1 aromatic heterocycles. The Hall–Kier alpha value is -2.47. The number of carbonyl (C=O) groups is 1. The van der Waals surface area contributed by atoms with Crippen LogP contribution in [0, 0.1) is 5.92 Å². The van der Waals surface area contributed by atoms with Crippen molar-refractivity contribution in [2.45, 2.75) is 76.8 Å². The van der Waals surface area contributed by atoms with Crippen LogP contribution in [0.25, 0.3) is 0 Å². The highest BCUT2D eigenvalue weighted by Crippen LogP contribution is 2.33. The van der Waals surface area contributed by atoms with E-state index in [1.165, 1.54) is 32.1 Å². The van der Waals surface area contributed by atoms with Crippen molar-refractivity contribution >= 4 is 5.91 Å². The van der Waals surface area contributed by atoms with Crippen LogP contribution in [0.2, 0.25) is 0 Å². The number of hydrogen-bond donors (Lipinski definition) is 1. The average Bonchev–Trinajstić information content (AvgIpc) is 3.34. The van der Waals surface area contributed by atoms with Gasteiger partial charge < -0.3 is 9.88 Å². The monoisotopic (exact) mass is 448 g/mol. The minimum Gasteiger partial charge on any atom is -0.332 e. The van der Waals surface area contributed by atoms with Gasteiger partial charge in [-0.25, -0.2) is 4.98 Å². The lowest BCUT2D eigenvalue weighted by Crippen LogP contribution is -2.40. The van der Waals surface area contributed by atoms with Gasteiger partial charge in [-0.1, -0.05) is 49.6 Å². The minimum absolute atomic E-state index is 0.0114. The maximum absolute atomic E-state index is 13.4. The summed E-state index contributed by atoms with van der Waals surface area (Å²) in [4.78, 5) is 38.8. The van der Waals surface area contributed by atoms with Crippen molar-refractivity contribution in [3.8, 4) is 0 Å². The number of likely N-dealkylation sites (tertiary alicyclic amines) is 1. The van der Waals surface area contributed by atoms with Crippen molar-refractivity contribution in [2.24, 2.45) is 5.92 Å². The molecule has 176 valence electrons. The summed E-state index contributed by atoms with van der Waals surface area (Å²) in [6.45, 7) is 5.50. The Morgan fingerprint density at radius 1 is 1.09 bits per heavy atom. The van der Waals surface area contributed by atoms with Crippen molar-refractivity contribution < 1.29 is 4.79 Å². The first-order valence-electron chi connectivity index (χ1n) is 12.8. The zero-order chi connectivity index (χ0) is 22.8. The van der Waals surface area contributed by atoms with Crippen LogP contribution in [0.3, 0.4) is 0 Å². The zero-order valence-corrected chi connectivity index (χ0v) is 19.8. The SMILES string of the molecule is C[C@H](C(=O)N1CCC[C@@H]1c1nc2c(c(=O)[nH]1)CCN(CC1CCCCC1)C2)c1ccccc1. The van der Waals surface area contributed by atoms with Crippen LogP contribution in [0.15, 0.2) is 35.1 Å². The number of amides is 1. The lowest BCUT2D eigenvalue weighted by molar-refractivity contribution is -0.133. The standard InChI is InChI=1S/C27H36N4O2/c1-19(21-11-6-3-7-12-21)27(33)31-15-8-13-24(31)25-28-23-18-30(16-14-22(23)26(32)29-25)17-20-9-4-2-5-10-20/h3,6-7,11-12,19-20,24H,2,4-5,8-10,13-18H2,1H3,(H,28,29,32)/t19-,24+/m0/s1. The molecule has 2 atom stereocenters. The lowest BCUT2D eigenvalue weighted by atomic mass is 9.88. The van der Waals surface area contributed by atoms with Crippen molar-refractivity contribution in [1.82, 2.24) is 19.8 Å². The lowest BCUT2D eigenvalue weighted by Gasteiger charge is -2.33. The van der Waals surface area contributed by atoms with E-state index in [-0.39, 0.29) is 23.4 Å². The first-order valence-corrected chi connectivity index (χ1v) is 12.8. The topological polar surface area (TPSA) is 69.3 Å². The summed E-state index contributed by atoms with van der Waals surface area (Å²) in [6, 6.07) is 9.79. The molecule has 3 aliphatic rings. The van der Waals surface area contributed by atoms with E-state index >= 15 is 0 Å². The summed E-state index contributed by atoms with van der Waals surface area (Å²) < 4.78 is 0. The molecule has 1 aromatic carbocycles. The molecule has 0 radical (unpaired) electrons. The smallest absolute Gasteiger partial charge is 0.254 e. The summed E-state index contributed by atoms with van der Waals surface area (Å²) in [7, 11) is 0. The number of nitrogens with one attached hydrogen (secondary N) is 1. The number of nitrogens with zero attached hydrogens (tertiary/aromatic N) is 3. The van der Waals surface area contributed by atoms with Crippen LogP contribution in [-0.2, 0) is 17.8 Å². The number of hydrogen-bond acceptors (Lipinski definition) is 4. The predicted molar refractivity (Wildman–Crippen MR) is 129 cm³/mol. The largest absolute Gasteiger partial charge is 0.332 e. The molecule has 6 nitrogen and oxygen atoms in total. The fourth-order valence-corrected chi connectivity index (χ4v) is 6.01. The summed E-state index contributed by atoms with van der Waals surface area (Å²) >= 11 is 0. The molecule has 2 aliphatic heterocycles. The van der Waals surface area contributed by atoms with Crippen molar-refractivity contribution in [3.05, 3.63) is 63.3 Å². The van der Waals surface area contributed by atoms with Crippen molar-refractivity contribution in [1.29, 1.82) is 0 Å². The predicted octanol–water partition coefficient (Wildman–Crippen LogP) is 4.18. The number of carbonyl (C=O) groups excluding carboxylic acids is 1. The van der Waals surface area contributed by atoms with Crippen LogP contribution in [0.1, 0.15) is 86.5 Å². The molecule has 1 saturated heterocycles. The third kappa shape index (κ3) is 4.77. The first kappa shape index (κ1) is 22.3. The average molecular weight is 449 g/mol. The molecular formula is C27H36N4O2. The minimum atomic E-state index is -0.206. The number of aromatic amines is 1. The highest BCUT2D eigenvalue weighted by Gasteiger charge is 2.35. The van der Waals surface area contributed by atoms with Gasteiger partial charge in [0.25, 0.3) is 5.56 Å². The Bertz CT molecular complexity index is 1030. The number of benzene rings is 1. The van der Waals surface area contributed by atoms with E-state index < -0.39 is 0 Å². The summed E-state index contributed by atoms with van der Waals surface area (Å²) in [5.41, 5.74) is 2.78. The van der Waals surface area contributed by atoms with Gasteiger partial charge in [-0.05, 0) is 50.5 Å². The number of aromatic nitrogens is 2. The van der Waals surface area contributed by atoms with Gasteiger partial charge in [0.15, 0.2) is 0 Å². The Labute approximate surface area is 196 Å². The highest BCUT2D eigenvalue weighted by atomic mass is 16.2. The second-order valence-electron chi connectivity index (χ2n) is 10.2. The van der Waals surface area contributed by atoms with Crippen LogP contribution in [0.4, 0.5) is 0 Å². The van der Waals surface area contributed by atoms with E-state index in [0.717, 1.165) is 68.2 Å². The third-order valence-corrected chi connectivity index (χ3v) is 7.93. The maximum atomic E-state index is 13.4. The van der Waals surface area contributed by atoms with Crippen LogP contribution in [0.5, 0.6) is 0 Å². The zero-order valence-electron chi connectivity index (χ0n) is 19.8. The van der Waals surface area contributed by atoms with Gasteiger partial charge in [0.2, 0.25) is 5.91 Å². The fraction of sp³-hybridized carbons (Fsp3) is 0.593. The van der Waals surface area contributed by atoms with Gasteiger partial charge in [0.1, 0.15) is 5.82 Å². The number of fused-ring (bicyclic) bond motifs is 1. The molecule has 1 N–H and O–H groups in total. The molecule has 1 amide bonds. The Morgan fingerprint density at radius 3 is 2.67 bits per heavy atom. The van der Waals surface area contributed by atoms with Gasteiger partial charge in [-0.15, -0.1) is 0 Å². The Kier molecular flexibility index (Phi) is 6.63. The van der Waals surface area contributed by atoms with E-state index in [0.29, 0.717) is 5.82 Å². The van der Waals surface area contributed by atoms with E-state index in [9.17, 15) is 9.59 Å². The molecule has 0 bridgehead atoms. The molecule has 5 rings (SSSR count). The summed E-state index contributed by atoms with van der Waals surface area (Å²) in [6.07, 6.45) is 9.29. The third-order valence-electron chi connectivity index (χ3n) is 7.93. The second-order valence-corrected chi connectivity index (χ2v) is 10.2. The van der Waals surface area contributed by atoms with Gasteiger partial charge >= 0.3 is 0 Å². The number of H-pyrrole nitrogens is 1. The molecule has 2 fully saturated rings. The molecule has 1 aliphatic carbocycles. The Balaban J connectivity index is 1.34. The van der Waals surface area contributed by atoms with E-state index in [2.05, 4.69) is 9.88 Å². The van der Waals surface area contributed by atoms with Gasteiger partial charge in [-0.3, -0.25) is 14.5 Å². The molecule has 2 aromatic rings. The maximum Gasteiger partial charge on any atom is 0.254 e. The molecular weight excluding hydrogens is 412 g/mol. The van der Waals surface area contributed by atoms with E-state index in [4.69, 9.17) is 4.98 Å². The van der Waals surface area contributed by atoms with Gasteiger partial charge in [-0.2, -0.15) is 0 Å². The molecule has 33 heavy (non-hydrogen) atoms. The molecule has 6 heteroatoms. The van der Waals surface area contributed by atoms with Crippen molar-refractivity contribution in [3.63, 3.8) is 0 Å². The quantitative estimate of drug-likeness (QED) is 0.745. The molecule has 3 heterocycles. The van der Waals surface area contributed by atoms with Crippen LogP contribution < -0.4 is 5.56 Å². The van der Waals surface area contributed by atoms with Crippen LogP contribution >= 0.6 is 0 Å². The van der Waals surface area contributed by atoms with Gasteiger partial charge in [0.05, 0.1) is 17.7 Å². The van der Waals surface area contributed by atoms with Crippen LogP contribution in [-0.4, -0.2) is 45.3 Å². The molecule has 1 saturated carbocycles. The van der Waals surface area contributed by atoms with E-state index in [1.54, 1.807) is 0 Å². The fourth-order valence-electron chi connectivity index (χ4n) is 6.01. The summed E-state index contributed by atoms with van der Waals surface area (Å²) in [5, 5.41) is 0. The highest BCUT2D eigenvalue weighted by molar-refractivity contribution is 5.84. The molecule has 0 unspecified atom stereocenters. The second kappa shape index (κ2) is 9.80. The normalized spacial score (nSPS) is 22.8. The Morgan fingerprint density at radius 2 is 1.88 bits per heavy atom. The van der Waals surface area contributed by atoms with Crippen molar-refractivity contribution in [2.75, 3.05) is 19.6 Å². The van der Waals surface area contributed by atoms with Gasteiger partial charge in [0, 0.05) is 31.7 Å². The first-order chi connectivity index (χ1) is 16.1. The number of rotatable bonds is 5. The summed E-state index contributed by atoms with van der Waals surface area (Å²) in [5.74, 6) is 1.36.